The maximum absolute atomic E-state index is 8.48. The Morgan fingerprint density at radius 2 is 0.519 bits per heavy atom. The smallest absolute Gasteiger partial charge is 0.423 e. The lowest BCUT2D eigenvalue weighted by Crippen LogP contribution is -2.26. The summed E-state index contributed by atoms with van der Waals surface area (Å²) in [6, 6.07) is 137. The second-order valence-electron chi connectivity index (χ2n) is 37.6. The van der Waals surface area contributed by atoms with Crippen LogP contribution in [0.25, 0.3) is 88.3 Å². The van der Waals surface area contributed by atoms with Crippen molar-refractivity contribution < 1.29 is 10.0 Å². The van der Waals surface area contributed by atoms with Crippen molar-refractivity contribution in [3.63, 3.8) is 0 Å². The quantitative estimate of drug-likeness (QED) is 0.118. The molecular weight excluding hydrogens is 1920 g/mol. The number of anilines is 6. The van der Waals surface area contributed by atoms with Crippen LogP contribution in [0.15, 0.2) is 391 Å². The van der Waals surface area contributed by atoms with Crippen LogP contribution in [0.1, 0.15) is 147 Å². The van der Waals surface area contributed by atoms with E-state index in [1.54, 1.807) is 28.8 Å². The molecule has 0 amide bonds. The first-order chi connectivity index (χ1) is 63.3. The topological polar surface area (TPSA) is 46.9 Å². The molecule has 0 radical (unpaired) electrons. The third kappa shape index (κ3) is 16.0. The summed E-state index contributed by atoms with van der Waals surface area (Å²) in [5.74, 6) is 0. The van der Waals surface area contributed by atoms with Crippen LogP contribution in [0, 0.1) is 7.14 Å². The number of hydrogen-bond donors (Lipinski definition) is 2. The Morgan fingerprint density at radius 1 is 0.252 bits per heavy atom. The Bertz CT molecular complexity index is 7150. The van der Waals surface area contributed by atoms with E-state index in [4.69, 9.17) is 10.0 Å². The number of fused-ring (bicyclic) bond motifs is 21. The highest BCUT2D eigenvalue weighted by Crippen LogP contribution is 2.57. The second-order valence-corrected chi connectivity index (χ2v) is 43.0. The summed E-state index contributed by atoms with van der Waals surface area (Å²) in [6.07, 6.45) is 2.20. The van der Waals surface area contributed by atoms with Crippen LogP contribution in [0.4, 0.5) is 34.1 Å². The summed E-state index contributed by atoms with van der Waals surface area (Å²) >= 11 is 11.5. The van der Waals surface area contributed by atoms with Crippen LogP contribution in [-0.2, 0) is 39.9 Å². The van der Waals surface area contributed by atoms with Gasteiger partial charge in [0, 0.05) is 82.5 Å². The zero-order valence-electron chi connectivity index (χ0n) is 75.2. The average molecular weight is 2020 g/mol. The number of nitrogens with zero attached hydrogens (tertiary/aromatic N) is 2. The van der Waals surface area contributed by atoms with Crippen LogP contribution in [-0.4, -0.2) is 17.2 Å². The first kappa shape index (κ1) is 87.4. The standard InChI is InChI=1S/C40H33NS.C36H30BrN.C15H13I.C13H9I.C13H10.C4H5BO2S/c1-39(2)34-12-7-5-10-30(34)32-21-19-28(24-36(32)39)41(27-17-15-26(16-18-27)38-14-9-23-42-38)29-20-22-33-31-11-6-8-13-35(31)40(3,4)37(33)25-29;1-35(2)31-11-7-5-9-27(31)29-19-17-25(21-33(29)35)38(24-15-13-23(37)14-16-24)26-18-20-30-28-10-6-8-12-32(28)36(3,4)34(30)22-26;1-15(2)13-6-4-3-5-11(13)12-8-7-10(16)9-14(12)15;14-11-5-6-13-10(8-11)7-9-3-1-2-4-12(9)13;1-3-7-12-10(5-1)9-11-6-2-4-8-13(11)12;6-5(7)4-2-1-3-8-4/h5-25H,1-4H3;5-22H,1-4H3;3-9H,1-2H3;1-6,8H,7H2;1-8H,9H2;1-3,6-7H. The van der Waals surface area contributed by atoms with Gasteiger partial charge in [0.1, 0.15) is 0 Å². The summed E-state index contributed by atoms with van der Waals surface area (Å²) < 4.78 is 4.31. The molecule has 7 aliphatic rings. The van der Waals surface area contributed by atoms with Crippen LogP contribution in [0.2, 0.25) is 0 Å². The van der Waals surface area contributed by atoms with Gasteiger partial charge in [-0.3, -0.25) is 0 Å². The number of halogens is 3. The summed E-state index contributed by atoms with van der Waals surface area (Å²) in [7, 11) is -1.30. The van der Waals surface area contributed by atoms with Crippen LogP contribution >= 0.6 is 83.8 Å². The maximum Gasteiger partial charge on any atom is 0.499 e. The van der Waals surface area contributed by atoms with E-state index in [0.717, 1.165) is 28.7 Å². The van der Waals surface area contributed by atoms with E-state index in [0.29, 0.717) is 4.78 Å². The molecule has 0 fully saturated rings. The molecule has 0 saturated carbocycles. The lowest BCUT2D eigenvalue weighted by molar-refractivity contribution is 0.427. The molecule has 10 heteroatoms. The largest absolute Gasteiger partial charge is 0.499 e. The van der Waals surface area contributed by atoms with Gasteiger partial charge in [-0.2, -0.15) is 11.3 Å². The molecule has 4 nitrogen and oxygen atoms in total. The summed E-state index contributed by atoms with van der Waals surface area (Å²) in [4.78, 5) is 6.14. The van der Waals surface area contributed by atoms with Gasteiger partial charge in [-0.1, -0.05) is 346 Å². The second kappa shape index (κ2) is 35.2. The summed E-state index contributed by atoms with van der Waals surface area (Å²) in [6.45, 7) is 23.4. The van der Waals surface area contributed by atoms with Crippen molar-refractivity contribution in [1.82, 2.24) is 0 Å². The molecule has 0 unspecified atom stereocenters. The van der Waals surface area contributed by atoms with E-state index in [2.05, 4.69) is 510 Å². The molecule has 0 saturated heterocycles. The fourth-order valence-corrected chi connectivity index (χ4v) is 24.0. The Hall–Kier alpha value is -11.6. The molecule has 7 aliphatic carbocycles. The molecule has 0 atom stereocenters. The molecule has 2 heterocycles. The van der Waals surface area contributed by atoms with Gasteiger partial charge in [0.2, 0.25) is 0 Å². The third-order valence-electron chi connectivity index (χ3n) is 28.1. The lowest BCUT2D eigenvalue weighted by atomic mass is 9.82. The summed E-state index contributed by atoms with van der Waals surface area (Å²) in [5.41, 5.74) is 47.4. The van der Waals surface area contributed by atoms with Crippen molar-refractivity contribution in [2.45, 2.75) is 109 Å². The van der Waals surface area contributed by atoms with Crippen LogP contribution < -0.4 is 14.6 Å². The summed E-state index contributed by atoms with van der Waals surface area (Å²) in [5, 5.41) is 20.9. The molecule has 18 aromatic rings. The van der Waals surface area contributed by atoms with Gasteiger partial charge in [0.05, 0.1) is 0 Å². The zero-order valence-corrected chi connectivity index (χ0v) is 82.7. The monoisotopic (exact) mass is 2020 g/mol. The molecule has 0 aliphatic heterocycles. The first-order valence-electron chi connectivity index (χ1n) is 45.1. The number of rotatable bonds is 8. The minimum Gasteiger partial charge on any atom is -0.423 e. The van der Waals surface area contributed by atoms with Crippen molar-refractivity contribution in [3.05, 3.63) is 476 Å². The Kier molecular flexibility index (Phi) is 23.5. The SMILES string of the molecule is CC1(C)c2ccccc2-c2ccc(I)cc21.CC1(C)c2ccccc2-c2ccc(N(c3ccc(-c4cccs4)cc3)c3ccc4c(c3)C(C)(C)c3ccccc3-4)cc21.CC1(C)c2ccccc2-c2ccc(N(c3ccc(Br)cc3)c3ccc4c(c3)C(C)(C)c3ccccc3-4)cc21.Ic1ccc2c(c1)Cc1ccccc1-2.OB(O)c1cccs1.c1ccc2c(c1)Cc1ccccc1-2. The fraction of sp³-hybridized carbons (Fsp3) is 0.140. The van der Waals surface area contributed by atoms with E-state index in [-0.39, 0.29) is 27.1 Å². The number of thiophene rings is 2. The van der Waals surface area contributed by atoms with Gasteiger partial charge in [-0.05, 0) is 345 Å². The van der Waals surface area contributed by atoms with Crippen molar-refractivity contribution in [3.8, 4) is 88.3 Å². The molecule has 0 bridgehead atoms. The molecule has 0 spiro atoms. The van der Waals surface area contributed by atoms with E-state index < -0.39 is 7.12 Å². The Labute approximate surface area is 815 Å². The average Bonchev–Trinajstić information content (AvgIpc) is 1.68. The molecule has 2 aromatic heterocycles. The first-order valence-corrected chi connectivity index (χ1v) is 49.8. The highest BCUT2D eigenvalue weighted by Gasteiger charge is 2.42. The van der Waals surface area contributed by atoms with E-state index in [1.165, 1.54) is 207 Å². The van der Waals surface area contributed by atoms with E-state index in [1.807, 2.05) is 0 Å². The molecule has 131 heavy (non-hydrogen) atoms. The van der Waals surface area contributed by atoms with Crippen molar-refractivity contribution in [1.29, 1.82) is 0 Å². The highest BCUT2D eigenvalue weighted by atomic mass is 127. The van der Waals surface area contributed by atoms with Gasteiger partial charge in [-0.25, -0.2) is 0 Å². The van der Waals surface area contributed by atoms with Gasteiger partial charge in [0.25, 0.3) is 0 Å². The highest BCUT2D eigenvalue weighted by molar-refractivity contribution is 14.1. The third-order valence-corrected chi connectivity index (χ3v) is 31.8. The number of benzene rings is 16. The molecular formula is C121H100BBrI2N2O2S2. The van der Waals surface area contributed by atoms with Crippen molar-refractivity contribution in [2.24, 2.45) is 0 Å². The van der Waals surface area contributed by atoms with Crippen molar-refractivity contribution >= 4 is 130 Å². The Balaban J connectivity index is 0.000000108. The predicted molar refractivity (Wildman–Crippen MR) is 576 cm³/mol. The van der Waals surface area contributed by atoms with Crippen LogP contribution in [0.5, 0.6) is 0 Å². The molecule has 16 aromatic carbocycles. The van der Waals surface area contributed by atoms with E-state index in [9.17, 15) is 0 Å². The van der Waals surface area contributed by atoms with Gasteiger partial charge >= 0.3 is 7.12 Å². The minimum atomic E-state index is -1.30. The van der Waals surface area contributed by atoms with Gasteiger partial charge in [-0.15, -0.1) is 11.3 Å². The lowest BCUT2D eigenvalue weighted by Gasteiger charge is -2.30. The molecule has 2 N–H and O–H groups in total. The van der Waals surface area contributed by atoms with E-state index >= 15 is 0 Å². The minimum absolute atomic E-state index is 0.0467. The zero-order chi connectivity index (χ0) is 90.4. The predicted octanol–water partition coefficient (Wildman–Crippen LogP) is 33.2. The normalized spacial score (nSPS) is 14.3. The Morgan fingerprint density at radius 3 is 0.847 bits per heavy atom. The fourth-order valence-electron chi connectivity index (χ4n) is 21.3. The molecule has 25 rings (SSSR count). The molecule has 642 valence electrons. The van der Waals surface area contributed by atoms with Crippen LogP contribution in [0.3, 0.4) is 0 Å². The van der Waals surface area contributed by atoms with Gasteiger partial charge in [0.15, 0.2) is 0 Å². The number of hydrogen-bond acceptors (Lipinski definition) is 6. The van der Waals surface area contributed by atoms with Gasteiger partial charge < -0.3 is 19.8 Å². The van der Waals surface area contributed by atoms with Crippen molar-refractivity contribution in [2.75, 3.05) is 9.80 Å². The maximum atomic E-state index is 8.48.